The van der Waals surface area contributed by atoms with Crippen LogP contribution in [0.2, 0.25) is 0 Å². The number of rotatable bonds is 6. The first-order chi connectivity index (χ1) is 15.7. The summed E-state index contributed by atoms with van der Waals surface area (Å²) in [5, 5.41) is 7.85. The summed E-state index contributed by atoms with van der Waals surface area (Å²) in [5.74, 6) is 2.68. The van der Waals surface area contributed by atoms with Gasteiger partial charge in [0.15, 0.2) is 17.3 Å². The Morgan fingerprint density at radius 2 is 1.97 bits per heavy atom. The van der Waals surface area contributed by atoms with Crippen LogP contribution in [-0.4, -0.2) is 51.5 Å². The summed E-state index contributed by atoms with van der Waals surface area (Å²) in [6, 6.07) is 14.4. The molecule has 1 aromatic heterocycles. The van der Waals surface area contributed by atoms with E-state index in [0.717, 1.165) is 54.3 Å². The van der Waals surface area contributed by atoms with Crippen LogP contribution in [0.25, 0.3) is 11.4 Å². The van der Waals surface area contributed by atoms with E-state index >= 15 is 0 Å². The zero-order valence-corrected chi connectivity index (χ0v) is 18.9. The van der Waals surface area contributed by atoms with E-state index in [9.17, 15) is 4.79 Å². The third-order valence-corrected chi connectivity index (χ3v) is 6.78. The normalized spacial score (nSPS) is 17.5. The first-order valence-corrected chi connectivity index (χ1v) is 12.0. The molecule has 0 spiro atoms. The molecule has 1 atom stereocenters. The Morgan fingerprint density at radius 1 is 1.16 bits per heavy atom. The number of ether oxygens (including phenoxy) is 2. The maximum atomic E-state index is 13.0. The van der Waals surface area contributed by atoms with Gasteiger partial charge in [0, 0.05) is 12.1 Å². The highest BCUT2D eigenvalue weighted by Crippen LogP contribution is 2.38. The Kier molecular flexibility index (Phi) is 6.03. The molecule has 0 radical (unpaired) electrons. The van der Waals surface area contributed by atoms with E-state index in [-0.39, 0.29) is 11.9 Å². The number of H-pyrrole nitrogens is 1. The lowest BCUT2D eigenvalue weighted by molar-refractivity contribution is -0.129. The Balaban J connectivity index is 1.22. The molecule has 1 fully saturated rings. The number of aromatic nitrogens is 3. The number of carbonyl (C=O) groups is 1. The van der Waals surface area contributed by atoms with Gasteiger partial charge in [-0.3, -0.25) is 9.89 Å². The van der Waals surface area contributed by atoms with Gasteiger partial charge in [0.05, 0.1) is 11.8 Å². The maximum absolute atomic E-state index is 13.0. The second kappa shape index (κ2) is 9.24. The third kappa shape index (κ3) is 4.32. The summed E-state index contributed by atoms with van der Waals surface area (Å²) >= 11 is 1.37. The van der Waals surface area contributed by atoms with Gasteiger partial charge in [-0.15, -0.1) is 5.10 Å². The van der Waals surface area contributed by atoms with Gasteiger partial charge < -0.3 is 14.4 Å². The lowest BCUT2D eigenvalue weighted by atomic mass is 10.0. The van der Waals surface area contributed by atoms with Gasteiger partial charge in [-0.2, -0.15) is 0 Å². The number of thioether (sulfide) groups is 1. The minimum absolute atomic E-state index is 0.0683. The monoisotopic (exact) mass is 450 g/mol. The highest BCUT2D eigenvalue weighted by Gasteiger charge is 2.31. The zero-order valence-electron chi connectivity index (χ0n) is 18.0. The summed E-state index contributed by atoms with van der Waals surface area (Å²) < 4.78 is 11.3. The molecule has 2 aliphatic rings. The van der Waals surface area contributed by atoms with E-state index in [1.54, 1.807) is 0 Å². The van der Waals surface area contributed by atoms with Crippen molar-refractivity contribution in [3.8, 4) is 22.9 Å². The fourth-order valence-corrected chi connectivity index (χ4v) is 4.91. The summed E-state index contributed by atoms with van der Waals surface area (Å²) in [6.45, 7) is 4.03. The highest BCUT2D eigenvalue weighted by molar-refractivity contribution is 7.99. The first kappa shape index (κ1) is 20.9. The molecule has 0 saturated carbocycles. The van der Waals surface area contributed by atoms with Crippen LogP contribution in [0.15, 0.2) is 47.6 Å². The Bertz CT molecular complexity index is 1100. The SMILES string of the molecule is CCc1ccc(-c2nc(SCC(=O)N3CCC[C@@H]3c3ccc4c(c3)OCCO4)n[nH]2)cc1. The minimum atomic E-state index is 0.0683. The summed E-state index contributed by atoms with van der Waals surface area (Å²) in [6.07, 6.45) is 2.95. The van der Waals surface area contributed by atoms with Gasteiger partial charge in [0.25, 0.3) is 0 Å². The highest BCUT2D eigenvalue weighted by atomic mass is 32.2. The quantitative estimate of drug-likeness (QED) is 0.565. The number of aromatic amines is 1. The molecule has 1 saturated heterocycles. The van der Waals surface area contributed by atoms with Crippen molar-refractivity contribution < 1.29 is 14.3 Å². The molecule has 1 N–H and O–H groups in total. The predicted molar refractivity (Wildman–Crippen MR) is 123 cm³/mol. The van der Waals surface area contributed by atoms with E-state index < -0.39 is 0 Å². The van der Waals surface area contributed by atoms with Crippen molar-refractivity contribution in [2.75, 3.05) is 25.5 Å². The summed E-state index contributed by atoms with van der Waals surface area (Å²) in [4.78, 5) is 19.5. The van der Waals surface area contributed by atoms with Crippen molar-refractivity contribution in [2.45, 2.75) is 37.4 Å². The molecule has 2 aromatic carbocycles. The largest absolute Gasteiger partial charge is 0.486 e. The second-order valence-electron chi connectivity index (χ2n) is 7.95. The number of hydrogen-bond acceptors (Lipinski definition) is 6. The topological polar surface area (TPSA) is 80.3 Å². The van der Waals surface area contributed by atoms with Crippen molar-refractivity contribution in [1.82, 2.24) is 20.1 Å². The molecule has 0 unspecified atom stereocenters. The second-order valence-corrected chi connectivity index (χ2v) is 8.90. The standard InChI is InChI=1S/C24H26N4O3S/c1-2-16-5-7-17(8-6-16)23-25-24(27-26-23)32-15-22(29)28-11-3-4-19(28)18-9-10-20-21(14-18)31-13-12-30-20/h5-10,14,19H,2-4,11-13,15H2,1H3,(H,25,26,27)/t19-/m1/s1. The van der Waals surface area contributed by atoms with Crippen LogP contribution in [0.1, 0.15) is 36.9 Å². The molecule has 0 aliphatic carbocycles. The van der Waals surface area contributed by atoms with Gasteiger partial charge >= 0.3 is 0 Å². The molecular weight excluding hydrogens is 424 g/mol. The van der Waals surface area contributed by atoms with Gasteiger partial charge in [0.1, 0.15) is 13.2 Å². The van der Waals surface area contributed by atoms with Crippen LogP contribution in [0.5, 0.6) is 11.5 Å². The average molecular weight is 451 g/mol. The Hall–Kier alpha value is -3.00. The Labute approximate surface area is 191 Å². The summed E-state index contributed by atoms with van der Waals surface area (Å²) in [5.41, 5.74) is 3.37. The third-order valence-electron chi connectivity index (χ3n) is 5.95. The molecule has 2 aliphatic heterocycles. The molecule has 3 aromatic rings. The van der Waals surface area contributed by atoms with Crippen LogP contribution in [0.3, 0.4) is 0 Å². The number of amides is 1. The fourth-order valence-electron chi connectivity index (χ4n) is 4.23. The van der Waals surface area contributed by atoms with Crippen LogP contribution >= 0.6 is 11.8 Å². The van der Waals surface area contributed by atoms with Crippen LogP contribution in [-0.2, 0) is 11.2 Å². The van der Waals surface area contributed by atoms with E-state index in [4.69, 9.17) is 9.47 Å². The van der Waals surface area contributed by atoms with Gasteiger partial charge in [-0.25, -0.2) is 4.98 Å². The van der Waals surface area contributed by atoms with Crippen molar-refractivity contribution in [2.24, 2.45) is 0 Å². The molecule has 8 heteroatoms. The molecule has 5 rings (SSSR count). The van der Waals surface area contributed by atoms with Gasteiger partial charge in [0.2, 0.25) is 11.1 Å². The van der Waals surface area contributed by atoms with E-state index in [2.05, 4.69) is 34.2 Å². The molecule has 166 valence electrons. The van der Waals surface area contributed by atoms with Crippen molar-refractivity contribution in [3.63, 3.8) is 0 Å². The average Bonchev–Trinajstić information content (AvgIpc) is 3.52. The van der Waals surface area contributed by atoms with Crippen molar-refractivity contribution >= 4 is 17.7 Å². The predicted octanol–water partition coefficient (Wildman–Crippen LogP) is 4.26. The number of carbonyl (C=O) groups excluding carboxylic acids is 1. The van der Waals surface area contributed by atoms with Gasteiger partial charge in [-0.05, 0) is 42.5 Å². The van der Waals surface area contributed by atoms with E-state index in [1.165, 1.54) is 17.3 Å². The molecule has 7 nitrogen and oxygen atoms in total. The zero-order chi connectivity index (χ0) is 21.9. The van der Waals surface area contributed by atoms with Crippen LogP contribution < -0.4 is 9.47 Å². The lowest BCUT2D eigenvalue weighted by Gasteiger charge is -2.26. The van der Waals surface area contributed by atoms with E-state index in [1.807, 2.05) is 35.2 Å². The number of benzene rings is 2. The Morgan fingerprint density at radius 3 is 2.78 bits per heavy atom. The number of hydrogen-bond donors (Lipinski definition) is 1. The van der Waals surface area contributed by atoms with Crippen LogP contribution in [0, 0.1) is 0 Å². The number of nitrogens with one attached hydrogen (secondary N) is 1. The van der Waals surface area contributed by atoms with Gasteiger partial charge in [-0.1, -0.05) is 49.0 Å². The minimum Gasteiger partial charge on any atom is -0.486 e. The molecule has 32 heavy (non-hydrogen) atoms. The van der Waals surface area contributed by atoms with E-state index in [0.29, 0.717) is 24.1 Å². The molecular formula is C24H26N4O3S. The van der Waals surface area contributed by atoms with Crippen LogP contribution in [0.4, 0.5) is 0 Å². The fraction of sp³-hybridized carbons (Fsp3) is 0.375. The number of aryl methyl sites for hydroxylation is 1. The maximum Gasteiger partial charge on any atom is 0.233 e. The van der Waals surface area contributed by atoms with Crippen molar-refractivity contribution in [1.29, 1.82) is 0 Å². The lowest BCUT2D eigenvalue weighted by Crippen LogP contribution is -2.32. The molecule has 3 heterocycles. The molecule has 0 bridgehead atoms. The summed E-state index contributed by atoms with van der Waals surface area (Å²) in [7, 11) is 0. The smallest absolute Gasteiger partial charge is 0.233 e. The number of nitrogens with zero attached hydrogens (tertiary/aromatic N) is 3. The van der Waals surface area contributed by atoms with Crippen molar-refractivity contribution in [3.05, 3.63) is 53.6 Å². The number of fused-ring (bicyclic) bond motifs is 1. The molecule has 1 amide bonds. The number of likely N-dealkylation sites (tertiary alicyclic amines) is 1. The first-order valence-electron chi connectivity index (χ1n) is 11.0.